The quantitative estimate of drug-likeness (QED) is 0.691. The minimum atomic E-state index is 0.0294. The Morgan fingerprint density at radius 3 is 2.85 bits per heavy atom. The Morgan fingerprint density at radius 1 is 1.54 bits per heavy atom. The van der Waals surface area contributed by atoms with E-state index in [4.69, 9.17) is 6.42 Å². The van der Waals surface area contributed by atoms with Crippen LogP contribution in [0.3, 0.4) is 0 Å². The van der Waals surface area contributed by atoms with Gasteiger partial charge in [-0.25, -0.2) is 0 Å². The first-order valence-corrected chi connectivity index (χ1v) is 4.51. The van der Waals surface area contributed by atoms with Gasteiger partial charge in [-0.2, -0.15) is 0 Å². The van der Waals surface area contributed by atoms with Crippen molar-refractivity contribution in [1.82, 2.24) is 0 Å². The Kier molecular flexibility index (Phi) is 3.40. The molecule has 1 radical (unpaired) electrons. The third-order valence-corrected chi connectivity index (χ3v) is 1.94. The standard InChI is InChI=1S/C12H14N/c1-4-11(5-2)13-12-8-6-7-10(3)9-12/h6-9,11,13H,4H2,1,3H3. The summed E-state index contributed by atoms with van der Waals surface area (Å²) in [5.41, 5.74) is 2.29. The summed E-state index contributed by atoms with van der Waals surface area (Å²) in [6, 6.07) is 8.17. The maximum Gasteiger partial charge on any atom is 0.0884 e. The zero-order valence-electron chi connectivity index (χ0n) is 8.09. The van der Waals surface area contributed by atoms with E-state index in [2.05, 4.69) is 30.3 Å². The minimum absolute atomic E-state index is 0.0294. The highest BCUT2D eigenvalue weighted by molar-refractivity contribution is 5.47. The topological polar surface area (TPSA) is 12.0 Å². The van der Waals surface area contributed by atoms with Crippen LogP contribution in [0, 0.1) is 19.3 Å². The van der Waals surface area contributed by atoms with E-state index in [9.17, 15) is 0 Å². The Balaban J connectivity index is 2.69. The monoisotopic (exact) mass is 172 g/mol. The zero-order valence-corrected chi connectivity index (χ0v) is 8.09. The van der Waals surface area contributed by atoms with E-state index in [-0.39, 0.29) is 6.04 Å². The number of aryl methyl sites for hydroxylation is 1. The maximum absolute atomic E-state index is 7.05. The molecule has 0 heterocycles. The van der Waals surface area contributed by atoms with Gasteiger partial charge in [0, 0.05) is 5.69 Å². The molecule has 1 rings (SSSR count). The van der Waals surface area contributed by atoms with Crippen LogP contribution in [-0.2, 0) is 0 Å². The molecular formula is C12H14N. The van der Waals surface area contributed by atoms with Gasteiger partial charge in [-0.05, 0) is 37.5 Å². The average Bonchev–Trinajstić information content (AvgIpc) is 2.14. The van der Waals surface area contributed by atoms with E-state index in [1.807, 2.05) is 19.1 Å². The lowest BCUT2D eigenvalue weighted by molar-refractivity contribution is 0.856. The Morgan fingerprint density at radius 2 is 2.31 bits per heavy atom. The van der Waals surface area contributed by atoms with Gasteiger partial charge in [0.05, 0.1) is 6.04 Å². The molecule has 1 unspecified atom stereocenters. The van der Waals surface area contributed by atoms with Crippen LogP contribution >= 0.6 is 0 Å². The molecule has 1 heteroatoms. The van der Waals surface area contributed by atoms with Gasteiger partial charge in [0.25, 0.3) is 0 Å². The molecule has 0 bridgehead atoms. The fourth-order valence-electron chi connectivity index (χ4n) is 1.18. The van der Waals surface area contributed by atoms with E-state index in [1.165, 1.54) is 5.56 Å². The van der Waals surface area contributed by atoms with Gasteiger partial charge in [-0.1, -0.05) is 25.0 Å². The van der Waals surface area contributed by atoms with Crippen LogP contribution in [0.2, 0.25) is 0 Å². The van der Waals surface area contributed by atoms with E-state index < -0.39 is 0 Å². The van der Waals surface area contributed by atoms with Crippen molar-refractivity contribution in [1.29, 1.82) is 0 Å². The molecule has 0 aliphatic rings. The molecule has 0 aromatic heterocycles. The number of hydrogen-bond donors (Lipinski definition) is 1. The molecule has 1 nitrogen and oxygen atoms in total. The Bertz CT molecular complexity index is 309. The number of benzene rings is 1. The van der Waals surface area contributed by atoms with Crippen LogP contribution in [-0.4, -0.2) is 6.04 Å². The minimum Gasteiger partial charge on any atom is -0.372 e. The second-order valence-corrected chi connectivity index (χ2v) is 3.12. The van der Waals surface area contributed by atoms with E-state index >= 15 is 0 Å². The molecule has 1 atom stereocenters. The van der Waals surface area contributed by atoms with E-state index in [0.29, 0.717) is 0 Å². The Labute approximate surface area is 80.2 Å². The molecule has 0 fully saturated rings. The second kappa shape index (κ2) is 4.57. The summed E-state index contributed by atoms with van der Waals surface area (Å²) in [5.74, 6) is 2.46. The Hall–Kier alpha value is -1.42. The molecule has 0 aliphatic heterocycles. The molecule has 67 valence electrons. The predicted octanol–water partition coefficient (Wildman–Crippen LogP) is 2.78. The highest BCUT2D eigenvalue weighted by Gasteiger charge is 2.00. The highest BCUT2D eigenvalue weighted by Crippen LogP contribution is 2.11. The fourth-order valence-corrected chi connectivity index (χ4v) is 1.18. The maximum atomic E-state index is 7.05. The summed E-state index contributed by atoms with van der Waals surface area (Å²) in [4.78, 5) is 0. The van der Waals surface area contributed by atoms with E-state index in [0.717, 1.165) is 12.1 Å². The first-order chi connectivity index (χ1) is 6.26. The van der Waals surface area contributed by atoms with Gasteiger partial charge in [0.2, 0.25) is 0 Å². The van der Waals surface area contributed by atoms with Crippen molar-refractivity contribution < 1.29 is 0 Å². The molecule has 0 saturated carbocycles. The lowest BCUT2D eigenvalue weighted by atomic mass is 10.2. The van der Waals surface area contributed by atoms with Crippen LogP contribution < -0.4 is 5.32 Å². The van der Waals surface area contributed by atoms with Crippen molar-refractivity contribution in [2.45, 2.75) is 26.3 Å². The van der Waals surface area contributed by atoms with Crippen molar-refractivity contribution in [3.05, 3.63) is 36.3 Å². The molecule has 0 aliphatic carbocycles. The van der Waals surface area contributed by atoms with E-state index in [1.54, 1.807) is 0 Å². The summed E-state index contributed by atoms with van der Waals surface area (Å²) in [6.45, 7) is 4.09. The molecule has 1 aromatic carbocycles. The third-order valence-electron chi connectivity index (χ3n) is 1.94. The average molecular weight is 172 g/mol. The molecule has 13 heavy (non-hydrogen) atoms. The SMILES string of the molecule is [C]#CC(CC)Nc1cccc(C)c1. The number of nitrogens with one attached hydrogen (secondary N) is 1. The van der Waals surface area contributed by atoms with Crippen LogP contribution in [0.5, 0.6) is 0 Å². The van der Waals surface area contributed by atoms with Crippen LogP contribution in [0.4, 0.5) is 5.69 Å². The summed E-state index contributed by atoms with van der Waals surface area (Å²) in [6.07, 6.45) is 7.94. The first-order valence-electron chi connectivity index (χ1n) is 4.51. The first kappa shape index (κ1) is 9.67. The smallest absolute Gasteiger partial charge is 0.0884 e. The molecule has 0 spiro atoms. The molecule has 1 aromatic rings. The van der Waals surface area contributed by atoms with Crippen molar-refractivity contribution in [3.8, 4) is 5.92 Å². The van der Waals surface area contributed by atoms with Gasteiger partial charge in [-0.3, -0.25) is 0 Å². The summed E-state index contributed by atoms with van der Waals surface area (Å²) < 4.78 is 0. The van der Waals surface area contributed by atoms with Crippen molar-refractivity contribution in [2.24, 2.45) is 0 Å². The van der Waals surface area contributed by atoms with Crippen molar-refractivity contribution >= 4 is 5.69 Å². The lowest BCUT2D eigenvalue weighted by Crippen LogP contribution is -2.15. The number of anilines is 1. The predicted molar refractivity (Wildman–Crippen MR) is 56.0 cm³/mol. The van der Waals surface area contributed by atoms with Gasteiger partial charge in [0.1, 0.15) is 0 Å². The number of hydrogen-bond acceptors (Lipinski definition) is 1. The largest absolute Gasteiger partial charge is 0.372 e. The summed E-state index contributed by atoms with van der Waals surface area (Å²) in [7, 11) is 0. The fraction of sp³-hybridized carbons (Fsp3) is 0.333. The van der Waals surface area contributed by atoms with Gasteiger partial charge < -0.3 is 5.32 Å². The van der Waals surface area contributed by atoms with Crippen molar-refractivity contribution in [3.63, 3.8) is 0 Å². The van der Waals surface area contributed by atoms with Gasteiger partial charge in [-0.15, -0.1) is 0 Å². The summed E-state index contributed by atoms with van der Waals surface area (Å²) in [5, 5.41) is 3.22. The second-order valence-electron chi connectivity index (χ2n) is 3.12. The molecule has 0 saturated heterocycles. The zero-order chi connectivity index (χ0) is 9.68. The van der Waals surface area contributed by atoms with Crippen LogP contribution in [0.15, 0.2) is 24.3 Å². The van der Waals surface area contributed by atoms with Crippen LogP contribution in [0.1, 0.15) is 18.9 Å². The van der Waals surface area contributed by atoms with Gasteiger partial charge in [0.15, 0.2) is 0 Å². The highest BCUT2D eigenvalue weighted by atomic mass is 14.9. The third kappa shape index (κ3) is 2.83. The summed E-state index contributed by atoms with van der Waals surface area (Å²) >= 11 is 0. The normalized spacial score (nSPS) is 11.8. The molecule has 0 amide bonds. The van der Waals surface area contributed by atoms with Crippen molar-refractivity contribution in [2.75, 3.05) is 5.32 Å². The van der Waals surface area contributed by atoms with Crippen LogP contribution in [0.25, 0.3) is 0 Å². The molecular weight excluding hydrogens is 158 g/mol. The van der Waals surface area contributed by atoms with Gasteiger partial charge >= 0.3 is 0 Å². The number of rotatable bonds is 3. The lowest BCUT2D eigenvalue weighted by Gasteiger charge is -2.11. The molecule has 1 N–H and O–H groups in total.